The zero-order valence-electron chi connectivity index (χ0n) is 16.7. The van der Waals surface area contributed by atoms with Crippen molar-refractivity contribution in [1.29, 1.82) is 0 Å². The van der Waals surface area contributed by atoms with Crippen LogP contribution in [0.3, 0.4) is 0 Å². The van der Waals surface area contributed by atoms with Gasteiger partial charge in [0.25, 0.3) is 0 Å². The molecule has 152 valence electrons. The molecule has 5 heteroatoms. The monoisotopic (exact) mass is 455 g/mol. The summed E-state index contributed by atoms with van der Waals surface area (Å²) in [6.45, 7) is 3.48. The number of aliphatic hydroxyl groups excluding tert-OH is 1. The molecule has 0 amide bonds. The van der Waals surface area contributed by atoms with E-state index in [1.807, 2.05) is 42.5 Å². The lowest BCUT2D eigenvalue weighted by atomic mass is 10.1. The van der Waals surface area contributed by atoms with Gasteiger partial charge < -0.3 is 19.9 Å². The van der Waals surface area contributed by atoms with Crippen molar-refractivity contribution in [2.75, 3.05) is 13.7 Å². The molecule has 1 unspecified atom stereocenters. The lowest BCUT2D eigenvalue weighted by Crippen LogP contribution is -2.21. The average Bonchev–Trinajstić information content (AvgIpc) is 2.75. The number of ether oxygens (including phenoxy) is 2. The predicted octanol–water partition coefficient (Wildman–Crippen LogP) is 5.17. The second kappa shape index (κ2) is 10.4. The summed E-state index contributed by atoms with van der Waals surface area (Å²) in [5, 5.41) is 13.7. The molecule has 0 saturated heterocycles. The minimum Gasteiger partial charge on any atom is -0.493 e. The number of hydrogen-bond acceptors (Lipinski definition) is 4. The van der Waals surface area contributed by atoms with E-state index in [1.165, 1.54) is 5.56 Å². The minimum absolute atomic E-state index is 0.436. The van der Waals surface area contributed by atoms with Gasteiger partial charge in [0.05, 0.1) is 13.2 Å². The van der Waals surface area contributed by atoms with E-state index in [9.17, 15) is 5.11 Å². The lowest BCUT2D eigenvalue weighted by molar-refractivity contribution is 0.174. The zero-order chi connectivity index (χ0) is 20.6. The van der Waals surface area contributed by atoms with Gasteiger partial charge in [-0.05, 0) is 30.2 Å². The molecule has 3 aromatic carbocycles. The van der Waals surface area contributed by atoms with Gasteiger partial charge in [-0.15, -0.1) is 0 Å². The van der Waals surface area contributed by atoms with E-state index in [1.54, 1.807) is 7.11 Å². The smallest absolute Gasteiger partial charge is 0.167 e. The number of benzene rings is 3. The van der Waals surface area contributed by atoms with Crippen LogP contribution in [-0.4, -0.2) is 18.8 Å². The first kappa shape index (κ1) is 21.4. The van der Waals surface area contributed by atoms with Crippen molar-refractivity contribution in [3.05, 3.63) is 93.5 Å². The molecule has 0 spiro atoms. The van der Waals surface area contributed by atoms with Crippen molar-refractivity contribution in [3.63, 3.8) is 0 Å². The van der Waals surface area contributed by atoms with Crippen LogP contribution in [0.1, 0.15) is 28.4 Å². The fraction of sp³-hybridized carbons (Fsp3) is 0.250. The number of aliphatic hydroxyl groups is 1. The van der Waals surface area contributed by atoms with Crippen molar-refractivity contribution in [3.8, 4) is 11.5 Å². The predicted molar refractivity (Wildman–Crippen MR) is 119 cm³/mol. The van der Waals surface area contributed by atoms with E-state index in [0.717, 1.165) is 21.2 Å². The Kier molecular flexibility index (Phi) is 7.69. The molecule has 0 heterocycles. The molecule has 3 aromatic rings. The summed E-state index contributed by atoms with van der Waals surface area (Å²) in [4.78, 5) is 0. The Morgan fingerprint density at radius 1 is 1.00 bits per heavy atom. The van der Waals surface area contributed by atoms with Crippen molar-refractivity contribution < 1.29 is 14.6 Å². The van der Waals surface area contributed by atoms with Gasteiger partial charge >= 0.3 is 0 Å². The number of halogens is 1. The Morgan fingerprint density at radius 2 is 1.72 bits per heavy atom. The molecule has 0 fully saturated rings. The number of aryl methyl sites for hydroxylation is 1. The second-order valence-corrected chi connectivity index (χ2v) is 7.74. The SMILES string of the molecule is COc1ccc(Br)c(CNCC(O)c2ccccc2)c1OCc1ccc(C)cc1. The van der Waals surface area contributed by atoms with E-state index >= 15 is 0 Å². The highest BCUT2D eigenvalue weighted by Gasteiger charge is 2.16. The van der Waals surface area contributed by atoms with Gasteiger partial charge in [0.15, 0.2) is 11.5 Å². The van der Waals surface area contributed by atoms with E-state index in [0.29, 0.717) is 31.2 Å². The van der Waals surface area contributed by atoms with Gasteiger partial charge in [0, 0.05) is 23.1 Å². The van der Waals surface area contributed by atoms with E-state index < -0.39 is 6.10 Å². The van der Waals surface area contributed by atoms with Gasteiger partial charge in [-0.25, -0.2) is 0 Å². The molecule has 0 saturated carbocycles. The molecule has 2 N–H and O–H groups in total. The Morgan fingerprint density at radius 3 is 2.41 bits per heavy atom. The maximum Gasteiger partial charge on any atom is 0.167 e. The molecule has 4 nitrogen and oxygen atoms in total. The second-order valence-electron chi connectivity index (χ2n) is 6.89. The van der Waals surface area contributed by atoms with Crippen molar-refractivity contribution in [2.24, 2.45) is 0 Å². The standard InChI is InChI=1S/C24H26BrNO3/c1-17-8-10-18(11-9-17)16-29-24-20(21(25)12-13-23(24)28-2)14-26-15-22(27)19-6-4-3-5-7-19/h3-13,22,26-27H,14-16H2,1-2H3. The van der Waals surface area contributed by atoms with E-state index in [4.69, 9.17) is 9.47 Å². The minimum atomic E-state index is -0.572. The first-order chi connectivity index (χ1) is 14.1. The van der Waals surface area contributed by atoms with Crippen molar-refractivity contribution in [1.82, 2.24) is 5.32 Å². The Balaban J connectivity index is 1.70. The number of nitrogens with one attached hydrogen (secondary N) is 1. The third-order valence-electron chi connectivity index (χ3n) is 4.71. The first-order valence-corrected chi connectivity index (χ1v) is 10.3. The zero-order valence-corrected chi connectivity index (χ0v) is 18.3. The molecule has 29 heavy (non-hydrogen) atoms. The highest BCUT2D eigenvalue weighted by Crippen LogP contribution is 2.37. The molecule has 0 bridgehead atoms. The van der Waals surface area contributed by atoms with E-state index in [-0.39, 0.29) is 0 Å². The van der Waals surface area contributed by atoms with Crippen LogP contribution in [0.25, 0.3) is 0 Å². The normalized spacial score (nSPS) is 11.9. The van der Waals surface area contributed by atoms with Crippen molar-refractivity contribution in [2.45, 2.75) is 26.2 Å². The summed E-state index contributed by atoms with van der Waals surface area (Å²) < 4.78 is 12.6. The maximum atomic E-state index is 10.4. The molecule has 0 aromatic heterocycles. The van der Waals surface area contributed by atoms with Crippen LogP contribution in [0.15, 0.2) is 71.2 Å². The fourth-order valence-corrected chi connectivity index (χ4v) is 3.49. The molecule has 0 aliphatic heterocycles. The van der Waals surface area contributed by atoms with Gasteiger partial charge in [0.2, 0.25) is 0 Å². The molecular formula is C24H26BrNO3. The summed E-state index contributed by atoms with van der Waals surface area (Å²) in [7, 11) is 1.64. The van der Waals surface area contributed by atoms with Crippen molar-refractivity contribution >= 4 is 15.9 Å². The molecule has 1 atom stereocenters. The molecule has 0 aliphatic carbocycles. The quantitative estimate of drug-likeness (QED) is 0.467. The summed E-state index contributed by atoms with van der Waals surface area (Å²) in [6.07, 6.45) is -0.572. The van der Waals surface area contributed by atoms with Crippen LogP contribution in [0.4, 0.5) is 0 Å². The lowest BCUT2D eigenvalue weighted by Gasteiger charge is -2.18. The highest BCUT2D eigenvalue weighted by molar-refractivity contribution is 9.10. The first-order valence-electron chi connectivity index (χ1n) is 9.56. The fourth-order valence-electron chi connectivity index (χ4n) is 3.03. The third-order valence-corrected chi connectivity index (χ3v) is 5.46. The largest absolute Gasteiger partial charge is 0.493 e. The highest BCUT2D eigenvalue weighted by atomic mass is 79.9. The number of hydrogen-bond donors (Lipinski definition) is 2. The molecule has 0 aliphatic rings. The molecule has 0 radical (unpaired) electrons. The topological polar surface area (TPSA) is 50.7 Å². The van der Waals surface area contributed by atoms with Gasteiger partial charge in [-0.1, -0.05) is 76.1 Å². The van der Waals surface area contributed by atoms with Gasteiger partial charge in [-0.2, -0.15) is 0 Å². The Labute approximate surface area is 180 Å². The maximum absolute atomic E-state index is 10.4. The van der Waals surface area contributed by atoms with Crippen LogP contribution in [0.5, 0.6) is 11.5 Å². The Hall–Kier alpha value is -2.34. The average molecular weight is 456 g/mol. The van der Waals surface area contributed by atoms with Crippen LogP contribution in [0, 0.1) is 6.92 Å². The summed E-state index contributed by atoms with van der Waals surface area (Å²) >= 11 is 3.62. The number of rotatable bonds is 9. The van der Waals surface area contributed by atoms with Crippen LogP contribution in [-0.2, 0) is 13.2 Å². The van der Waals surface area contributed by atoms with Gasteiger partial charge in [-0.3, -0.25) is 0 Å². The van der Waals surface area contributed by atoms with Gasteiger partial charge in [0.1, 0.15) is 6.61 Å². The van der Waals surface area contributed by atoms with Crippen LogP contribution < -0.4 is 14.8 Å². The van der Waals surface area contributed by atoms with Crippen LogP contribution in [0.2, 0.25) is 0 Å². The molecular weight excluding hydrogens is 430 g/mol. The number of methoxy groups -OCH3 is 1. The Bertz CT molecular complexity index is 913. The van der Waals surface area contributed by atoms with E-state index in [2.05, 4.69) is 52.4 Å². The summed E-state index contributed by atoms with van der Waals surface area (Å²) in [5.74, 6) is 1.38. The summed E-state index contributed by atoms with van der Waals surface area (Å²) in [6, 6.07) is 21.7. The summed E-state index contributed by atoms with van der Waals surface area (Å²) in [5.41, 5.74) is 4.16. The third kappa shape index (κ3) is 5.82. The van der Waals surface area contributed by atoms with Crippen LogP contribution >= 0.6 is 15.9 Å². The molecule has 3 rings (SSSR count).